The van der Waals surface area contributed by atoms with Gasteiger partial charge in [0.15, 0.2) is 0 Å². The molecule has 0 aliphatic carbocycles. The van der Waals surface area contributed by atoms with Gasteiger partial charge in [-0.1, -0.05) is 37.0 Å². The summed E-state index contributed by atoms with van der Waals surface area (Å²) in [5.74, 6) is 0.558. The van der Waals surface area contributed by atoms with Crippen LogP contribution in [-0.4, -0.2) is 32.4 Å². The zero-order valence-corrected chi connectivity index (χ0v) is 14.3. The maximum atomic E-state index is 6.13. The third-order valence-corrected chi connectivity index (χ3v) is 3.87. The van der Waals surface area contributed by atoms with Gasteiger partial charge >= 0.3 is 0 Å². The first-order chi connectivity index (χ1) is 8.93. The van der Waals surface area contributed by atoms with Crippen LogP contribution in [0.4, 0.5) is 0 Å². The molecule has 1 unspecified atom stereocenters. The molecule has 3 nitrogen and oxygen atoms in total. The SMILES string of the molecule is COCC(CNC(C)C)Oc1cc(Cl)c(Br)cc1Cl. The normalized spacial score (nSPS) is 12.8. The maximum Gasteiger partial charge on any atom is 0.140 e. The van der Waals surface area contributed by atoms with Gasteiger partial charge in [0.1, 0.15) is 11.9 Å². The lowest BCUT2D eigenvalue weighted by Crippen LogP contribution is -2.38. The van der Waals surface area contributed by atoms with Crippen molar-refractivity contribution in [3.8, 4) is 5.75 Å². The summed E-state index contributed by atoms with van der Waals surface area (Å²) in [4.78, 5) is 0. The molecule has 108 valence electrons. The molecular weight excluding hydrogens is 353 g/mol. The van der Waals surface area contributed by atoms with Crippen LogP contribution in [0.3, 0.4) is 0 Å². The molecule has 0 spiro atoms. The van der Waals surface area contributed by atoms with E-state index in [9.17, 15) is 0 Å². The molecule has 1 N–H and O–H groups in total. The summed E-state index contributed by atoms with van der Waals surface area (Å²) in [7, 11) is 1.64. The fraction of sp³-hybridized carbons (Fsp3) is 0.538. The first kappa shape index (κ1) is 17.1. The summed E-state index contributed by atoms with van der Waals surface area (Å²) in [6.45, 7) is 5.31. The highest BCUT2D eigenvalue weighted by Gasteiger charge is 2.14. The van der Waals surface area contributed by atoms with Crippen LogP contribution in [0.15, 0.2) is 16.6 Å². The van der Waals surface area contributed by atoms with Gasteiger partial charge in [0.25, 0.3) is 0 Å². The first-order valence-electron chi connectivity index (χ1n) is 5.97. The summed E-state index contributed by atoms with van der Waals surface area (Å²) in [5, 5.41) is 4.38. The van der Waals surface area contributed by atoms with E-state index in [0.717, 1.165) is 4.47 Å². The summed E-state index contributed by atoms with van der Waals surface area (Å²) >= 11 is 15.5. The lowest BCUT2D eigenvalue weighted by Gasteiger charge is -2.21. The van der Waals surface area contributed by atoms with E-state index in [1.807, 2.05) is 0 Å². The van der Waals surface area contributed by atoms with Gasteiger partial charge < -0.3 is 14.8 Å². The Bertz CT molecular complexity index is 416. The van der Waals surface area contributed by atoms with Crippen LogP contribution in [0.5, 0.6) is 5.75 Å². The molecule has 0 heterocycles. The molecular formula is C13H18BrCl2NO2. The lowest BCUT2D eigenvalue weighted by atomic mass is 10.3. The molecule has 1 rings (SSSR count). The molecule has 1 aromatic carbocycles. The molecule has 0 aliphatic rings. The molecule has 6 heteroatoms. The summed E-state index contributed by atoms with van der Waals surface area (Å²) < 4.78 is 11.7. The van der Waals surface area contributed by atoms with Crippen LogP contribution in [0.2, 0.25) is 10.0 Å². The molecule has 19 heavy (non-hydrogen) atoms. The first-order valence-corrected chi connectivity index (χ1v) is 7.52. The monoisotopic (exact) mass is 369 g/mol. The highest BCUT2D eigenvalue weighted by Crippen LogP contribution is 2.34. The molecule has 0 amide bonds. The minimum atomic E-state index is -0.123. The Kier molecular flexibility index (Phi) is 7.47. The molecule has 0 aliphatic heterocycles. The molecule has 1 aromatic rings. The van der Waals surface area contributed by atoms with Crippen LogP contribution in [0, 0.1) is 0 Å². The zero-order chi connectivity index (χ0) is 14.4. The standard InChI is InChI=1S/C13H18BrCl2NO2/c1-8(2)17-6-9(7-18-3)19-13-5-11(15)10(14)4-12(13)16/h4-5,8-9,17H,6-7H2,1-3H3. The predicted octanol–water partition coefficient (Wildman–Crippen LogP) is 4.15. The van der Waals surface area contributed by atoms with Crippen molar-refractivity contribution in [1.82, 2.24) is 5.32 Å². The van der Waals surface area contributed by atoms with E-state index in [2.05, 4.69) is 35.1 Å². The number of rotatable bonds is 7. The van der Waals surface area contributed by atoms with E-state index in [-0.39, 0.29) is 6.10 Å². The average molecular weight is 371 g/mol. The Morgan fingerprint density at radius 3 is 2.53 bits per heavy atom. The van der Waals surface area contributed by atoms with E-state index in [1.165, 1.54) is 0 Å². The van der Waals surface area contributed by atoms with E-state index in [0.29, 0.717) is 35.0 Å². The summed E-state index contributed by atoms with van der Waals surface area (Å²) in [5.41, 5.74) is 0. The van der Waals surface area contributed by atoms with Gasteiger partial charge in [-0.3, -0.25) is 0 Å². The van der Waals surface area contributed by atoms with Gasteiger partial charge in [-0.05, 0) is 22.0 Å². The van der Waals surface area contributed by atoms with Gasteiger partial charge in [0, 0.05) is 30.2 Å². The van der Waals surface area contributed by atoms with Gasteiger partial charge in [-0.15, -0.1) is 0 Å². The van der Waals surface area contributed by atoms with Crippen LogP contribution < -0.4 is 10.1 Å². The second-order valence-electron chi connectivity index (χ2n) is 4.45. The van der Waals surface area contributed by atoms with Crippen LogP contribution >= 0.6 is 39.1 Å². The van der Waals surface area contributed by atoms with Crippen molar-refractivity contribution in [2.45, 2.75) is 26.0 Å². The summed E-state index contributed by atoms with van der Waals surface area (Å²) in [6, 6.07) is 3.80. The Morgan fingerprint density at radius 1 is 1.26 bits per heavy atom. The van der Waals surface area contributed by atoms with Crippen LogP contribution in [0.25, 0.3) is 0 Å². The fourth-order valence-electron chi connectivity index (χ4n) is 1.46. The maximum absolute atomic E-state index is 6.13. The topological polar surface area (TPSA) is 30.5 Å². The number of ether oxygens (including phenoxy) is 2. The van der Waals surface area contributed by atoms with E-state index < -0.39 is 0 Å². The quantitative estimate of drug-likeness (QED) is 0.731. The highest BCUT2D eigenvalue weighted by molar-refractivity contribution is 9.10. The van der Waals surface area contributed by atoms with Crippen molar-refractivity contribution in [2.24, 2.45) is 0 Å². The molecule has 0 bridgehead atoms. The van der Waals surface area contributed by atoms with Crippen molar-refractivity contribution in [3.63, 3.8) is 0 Å². The third-order valence-electron chi connectivity index (χ3n) is 2.37. The van der Waals surface area contributed by atoms with Crippen molar-refractivity contribution in [1.29, 1.82) is 0 Å². The van der Waals surface area contributed by atoms with Gasteiger partial charge in [-0.2, -0.15) is 0 Å². The Balaban J connectivity index is 2.75. The van der Waals surface area contributed by atoms with Crippen molar-refractivity contribution < 1.29 is 9.47 Å². The molecule has 0 aromatic heterocycles. The molecule has 0 saturated carbocycles. The minimum Gasteiger partial charge on any atom is -0.485 e. The largest absolute Gasteiger partial charge is 0.485 e. The van der Waals surface area contributed by atoms with E-state index in [1.54, 1.807) is 19.2 Å². The number of methoxy groups -OCH3 is 1. The van der Waals surface area contributed by atoms with Gasteiger partial charge in [-0.25, -0.2) is 0 Å². The Hall–Kier alpha value is -0.0000000000000000555. The van der Waals surface area contributed by atoms with E-state index in [4.69, 9.17) is 32.7 Å². The number of benzene rings is 1. The van der Waals surface area contributed by atoms with Gasteiger partial charge in [0.2, 0.25) is 0 Å². The lowest BCUT2D eigenvalue weighted by molar-refractivity contribution is 0.0795. The zero-order valence-electron chi connectivity index (χ0n) is 11.2. The molecule has 0 radical (unpaired) electrons. The predicted molar refractivity (Wildman–Crippen MR) is 83.6 cm³/mol. The smallest absolute Gasteiger partial charge is 0.140 e. The number of hydrogen-bond donors (Lipinski definition) is 1. The fourth-order valence-corrected chi connectivity index (χ4v) is 2.30. The Morgan fingerprint density at radius 2 is 1.95 bits per heavy atom. The van der Waals surface area contributed by atoms with Crippen LogP contribution in [-0.2, 0) is 4.74 Å². The molecule has 1 atom stereocenters. The number of nitrogens with one attached hydrogen (secondary N) is 1. The van der Waals surface area contributed by atoms with E-state index >= 15 is 0 Å². The van der Waals surface area contributed by atoms with Crippen LogP contribution in [0.1, 0.15) is 13.8 Å². The second-order valence-corrected chi connectivity index (χ2v) is 6.12. The molecule has 0 fully saturated rings. The van der Waals surface area contributed by atoms with Crippen molar-refractivity contribution >= 4 is 39.1 Å². The van der Waals surface area contributed by atoms with Crippen molar-refractivity contribution in [2.75, 3.05) is 20.3 Å². The minimum absolute atomic E-state index is 0.123. The second kappa shape index (κ2) is 8.32. The average Bonchev–Trinajstić information content (AvgIpc) is 2.33. The Labute approximate surface area is 132 Å². The number of hydrogen-bond acceptors (Lipinski definition) is 3. The highest BCUT2D eigenvalue weighted by atomic mass is 79.9. The van der Waals surface area contributed by atoms with Gasteiger partial charge in [0.05, 0.1) is 16.7 Å². The van der Waals surface area contributed by atoms with Crippen molar-refractivity contribution in [3.05, 3.63) is 26.7 Å². The molecule has 0 saturated heterocycles. The number of halogens is 3. The third kappa shape index (κ3) is 5.88. The summed E-state index contributed by atoms with van der Waals surface area (Å²) in [6.07, 6.45) is -0.123.